The zero-order valence-corrected chi connectivity index (χ0v) is 13.3. The first kappa shape index (κ1) is 15.5. The van der Waals surface area contributed by atoms with Crippen LogP contribution in [0.2, 0.25) is 0 Å². The Morgan fingerprint density at radius 3 is 2.58 bits per heavy atom. The molecule has 24 heavy (non-hydrogen) atoms. The number of hydrogen-bond acceptors (Lipinski definition) is 4. The van der Waals surface area contributed by atoms with Crippen LogP contribution in [0, 0.1) is 0 Å². The summed E-state index contributed by atoms with van der Waals surface area (Å²) in [6, 6.07) is 10.7. The van der Waals surface area contributed by atoms with Crippen LogP contribution in [0.3, 0.4) is 0 Å². The summed E-state index contributed by atoms with van der Waals surface area (Å²) in [5, 5.41) is 2.60. The number of ether oxygens (including phenoxy) is 1. The van der Waals surface area contributed by atoms with Crippen molar-refractivity contribution < 1.29 is 14.3 Å². The minimum absolute atomic E-state index is 0.425. The van der Waals surface area contributed by atoms with Crippen LogP contribution in [0.15, 0.2) is 48.8 Å². The Bertz CT molecular complexity index is 884. The average Bonchev–Trinajstić information content (AvgIpc) is 2.99. The summed E-state index contributed by atoms with van der Waals surface area (Å²) in [7, 11) is 3.25. The van der Waals surface area contributed by atoms with Crippen LogP contribution >= 0.6 is 0 Å². The van der Waals surface area contributed by atoms with Gasteiger partial charge in [-0.3, -0.25) is 4.79 Å². The first-order chi connectivity index (χ1) is 11.6. The standard InChI is InChI=1S/C17H16N4O3/c1-20(2)17(23)24-14-6-3-12(4-7-14)15-10-21-9-13(18-11-22)5-8-16(21)19-15/h3-11H,1-2H3,(H,18,22). The van der Waals surface area contributed by atoms with Crippen LogP contribution in [0.5, 0.6) is 5.75 Å². The highest BCUT2D eigenvalue weighted by molar-refractivity contribution is 5.73. The molecular weight excluding hydrogens is 308 g/mol. The van der Waals surface area contributed by atoms with Gasteiger partial charge in [0.2, 0.25) is 6.41 Å². The Hall–Kier alpha value is -3.35. The maximum atomic E-state index is 11.5. The minimum atomic E-state index is -0.425. The van der Waals surface area contributed by atoms with Crippen LogP contribution in [-0.4, -0.2) is 40.9 Å². The lowest BCUT2D eigenvalue weighted by Crippen LogP contribution is -2.25. The van der Waals surface area contributed by atoms with E-state index in [1.54, 1.807) is 38.5 Å². The first-order valence-corrected chi connectivity index (χ1v) is 7.25. The van der Waals surface area contributed by atoms with E-state index in [-0.39, 0.29) is 0 Å². The van der Waals surface area contributed by atoms with Gasteiger partial charge in [-0.25, -0.2) is 9.78 Å². The molecular formula is C17H16N4O3. The molecule has 0 spiro atoms. The second-order valence-electron chi connectivity index (χ2n) is 5.36. The Morgan fingerprint density at radius 1 is 1.17 bits per heavy atom. The maximum absolute atomic E-state index is 11.5. The zero-order chi connectivity index (χ0) is 17.1. The van der Waals surface area contributed by atoms with E-state index < -0.39 is 6.09 Å². The van der Waals surface area contributed by atoms with Gasteiger partial charge in [0.15, 0.2) is 0 Å². The van der Waals surface area contributed by atoms with Crippen molar-refractivity contribution in [1.82, 2.24) is 14.3 Å². The van der Waals surface area contributed by atoms with Gasteiger partial charge in [0.05, 0.1) is 11.4 Å². The highest BCUT2D eigenvalue weighted by Gasteiger charge is 2.08. The molecule has 0 unspecified atom stereocenters. The summed E-state index contributed by atoms with van der Waals surface area (Å²) in [6.45, 7) is 0. The van der Waals surface area contributed by atoms with Gasteiger partial charge in [0.1, 0.15) is 11.4 Å². The predicted octanol–water partition coefficient (Wildman–Crippen LogP) is 2.63. The lowest BCUT2D eigenvalue weighted by molar-refractivity contribution is -0.105. The number of rotatable bonds is 4. The number of carbonyl (C=O) groups is 2. The fraction of sp³-hybridized carbons (Fsp3) is 0.118. The van der Waals surface area contributed by atoms with Gasteiger partial charge in [0, 0.05) is 32.1 Å². The van der Waals surface area contributed by atoms with Crippen molar-refractivity contribution in [1.29, 1.82) is 0 Å². The summed E-state index contributed by atoms with van der Waals surface area (Å²) in [4.78, 5) is 27.9. The van der Waals surface area contributed by atoms with Crippen molar-refractivity contribution in [3.8, 4) is 17.0 Å². The molecule has 0 aliphatic heterocycles. The number of pyridine rings is 1. The van der Waals surface area contributed by atoms with E-state index in [4.69, 9.17) is 4.74 Å². The molecule has 0 radical (unpaired) electrons. The predicted molar refractivity (Wildman–Crippen MR) is 90.0 cm³/mol. The minimum Gasteiger partial charge on any atom is -0.410 e. The topological polar surface area (TPSA) is 75.9 Å². The molecule has 1 aromatic carbocycles. The molecule has 0 bridgehead atoms. The van der Waals surface area contributed by atoms with Crippen LogP contribution in [0.1, 0.15) is 0 Å². The van der Waals surface area contributed by atoms with E-state index >= 15 is 0 Å². The van der Waals surface area contributed by atoms with Gasteiger partial charge in [-0.05, 0) is 36.4 Å². The largest absolute Gasteiger partial charge is 0.414 e. The number of amides is 2. The van der Waals surface area contributed by atoms with Gasteiger partial charge in [0.25, 0.3) is 0 Å². The quantitative estimate of drug-likeness (QED) is 0.749. The van der Waals surface area contributed by atoms with Crippen LogP contribution in [0.4, 0.5) is 10.5 Å². The number of hydrogen-bond donors (Lipinski definition) is 1. The molecule has 122 valence electrons. The Labute approximate surface area is 138 Å². The van der Waals surface area contributed by atoms with Crippen molar-refractivity contribution in [3.05, 3.63) is 48.8 Å². The molecule has 0 fully saturated rings. The number of fused-ring (bicyclic) bond motifs is 1. The molecule has 2 heterocycles. The number of benzene rings is 1. The number of nitrogens with zero attached hydrogens (tertiary/aromatic N) is 3. The van der Waals surface area contributed by atoms with Gasteiger partial charge in [-0.15, -0.1) is 0 Å². The second-order valence-corrected chi connectivity index (χ2v) is 5.36. The number of carbonyl (C=O) groups excluding carboxylic acids is 2. The Kier molecular flexibility index (Phi) is 4.15. The molecule has 2 amide bonds. The summed E-state index contributed by atoms with van der Waals surface area (Å²) in [5.41, 5.74) is 3.13. The van der Waals surface area contributed by atoms with E-state index in [1.165, 1.54) is 4.90 Å². The second kappa shape index (κ2) is 6.41. The van der Waals surface area contributed by atoms with Crippen molar-refractivity contribution in [2.75, 3.05) is 19.4 Å². The number of nitrogens with one attached hydrogen (secondary N) is 1. The van der Waals surface area contributed by atoms with Gasteiger partial charge < -0.3 is 19.4 Å². The van der Waals surface area contributed by atoms with Gasteiger partial charge >= 0.3 is 6.09 Å². The summed E-state index contributed by atoms with van der Waals surface area (Å²) >= 11 is 0. The van der Waals surface area contributed by atoms with Crippen LogP contribution < -0.4 is 10.1 Å². The van der Waals surface area contributed by atoms with Crippen molar-refractivity contribution in [2.24, 2.45) is 0 Å². The van der Waals surface area contributed by atoms with Gasteiger partial charge in [-0.2, -0.15) is 0 Å². The smallest absolute Gasteiger partial charge is 0.410 e. The number of anilines is 1. The SMILES string of the molecule is CN(C)C(=O)Oc1ccc(-c2cn3cc(NC=O)ccc3n2)cc1. The van der Waals surface area contributed by atoms with Gasteiger partial charge in [-0.1, -0.05) is 0 Å². The number of imidazole rings is 1. The lowest BCUT2D eigenvalue weighted by Gasteiger charge is -2.10. The fourth-order valence-electron chi connectivity index (χ4n) is 2.17. The Balaban J connectivity index is 1.84. The van der Waals surface area contributed by atoms with Crippen LogP contribution in [0.25, 0.3) is 16.9 Å². The van der Waals surface area contributed by atoms with Crippen molar-refractivity contribution in [2.45, 2.75) is 0 Å². The molecule has 0 saturated heterocycles. The first-order valence-electron chi connectivity index (χ1n) is 7.25. The molecule has 3 aromatic rings. The summed E-state index contributed by atoms with van der Waals surface area (Å²) in [5.74, 6) is 0.471. The van der Waals surface area contributed by atoms with E-state index in [0.29, 0.717) is 17.8 Å². The molecule has 2 aromatic heterocycles. The molecule has 1 N–H and O–H groups in total. The highest BCUT2D eigenvalue weighted by Crippen LogP contribution is 2.23. The van der Waals surface area contributed by atoms with Crippen molar-refractivity contribution >= 4 is 23.8 Å². The molecule has 7 heteroatoms. The third-order valence-corrected chi connectivity index (χ3v) is 3.40. The molecule has 0 atom stereocenters. The normalized spacial score (nSPS) is 10.4. The summed E-state index contributed by atoms with van der Waals surface area (Å²) in [6.07, 6.45) is 3.86. The van der Waals surface area contributed by atoms with Crippen molar-refractivity contribution in [3.63, 3.8) is 0 Å². The number of aromatic nitrogens is 2. The van der Waals surface area contributed by atoms with Crippen LogP contribution in [-0.2, 0) is 4.79 Å². The van der Waals surface area contributed by atoms with E-state index in [9.17, 15) is 9.59 Å². The molecule has 7 nitrogen and oxygen atoms in total. The molecule has 0 saturated carbocycles. The zero-order valence-electron chi connectivity index (χ0n) is 13.3. The van der Waals surface area contributed by atoms with E-state index in [1.807, 2.05) is 28.8 Å². The third-order valence-electron chi connectivity index (χ3n) is 3.40. The monoisotopic (exact) mass is 324 g/mol. The summed E-state index contributed by atoms with van der Waals surface area (Å²) < 4.78 is 7.02. The average molecular weight is 324 g/mol. The van der Waals surface area contributed by atoms with E-state index in [2.05, 4.69) is 10.3 Å². The molecule has 0 aliphatic carbocycles. The fourth-order valence-corrected chi connectivity index (χ4v) is 2.17. The maximum Gasteiger partial charge on any atom is 0.414 e. The highest BCUT2D eigenvalue weighted by atomic mass is 16.6. The van der Waals surface area contributed by atoms with E-state index in [0.717, 1.165) is 16.9 Å². The Morgan fingerprint density at radius 2 is 1.92 bits per heavy atom. The molecule has 3 rings (SSSR count). The molecule has 0 aliphatic rings. The third kappa shape index (κ3) is 3.19. The lowest BCUT2D eigenvalue weighted by atomic mass is 10.2.